The molecular formula is C10H11N3O. The minimum atomic E-state index is -0.0434. The van der Waals surface area contributed by atoms with E-state index in [1.54, 1.807) is 22.8 Å². The zero-order valence-corrected chi connectivity index (χ0v) is 7.90. The maximum Gasteiger partial charge on any atom is 0.252 e. The van der Waals surface area contributed by atoms with Crippen LogP contribution in [0.1, 0.15) is 6.92 Å². The van der Waals surface area contributed by atoms with Gasteiger partial charge in [0.1, 0.15) is 11.5 Å². The van der Waals surface area contributed by atoms with Crippen LogP contribution in [0.5, 0.6) is 0 Å². The number of nitrogens with two attached hydrogens (primary N) is 1. The number of nitrogen functional groups attached to an aromatic ring is 1. The number of pyridine rings is 2. The third kappa shape index (κ3) is 1.25. The lowest BCUT2D eigenvalue weighted by molar-refractivity contribution is 0.750. The van der Waals surface area contributed by atoms with Gasteiger partial charge in [-0.3, -0.25) is 9.36 Å². The summed E-state index contributed by atoms with van der Waals surface area (Å²) in [7, 11) is 0. The van der Waals surface area contributed by atoms with Gasteiger partial charge in [-0.2, -0.15) is 0 Å². The second-order valence-corrected chi connectivity index (χ2v) is 3.06. The molecule has 0 saturated heterocycles. The smallest absolute Gasteiger partial charge is 0.252 e. The Balaban J connectivity index is 2.91. The molecule has 0 fully saturated rings. The topological polar surface area (TPSA) is 60.9 Å². The zero-order chi connectivity index (χ0) is 10.1. The summed E-state index contributed by atoms with van der Waals surface area (Å²) in [6.07, 6.45) is 0. The third-order valence-corrected chi connectivity index (χ3v) is 2.17. The van der Waals surface area contributed by atoms with Crippen molar-refractivity contribution in [3.05, 3.63) is 34.6 Å². The van der Waals surface area contributed by atoms with Gasteiger partial charge in [0.15, 0.2) is 0 Å². The van der Waals surface area contributed by atoms with Crippen LogP contribution >= 0.6 is 0 Å². The Kier molecular flexibility index (Phi) is 1.96. The average molecular weight is 189 g/mol. The first kappa shape index (κ1) is 8.74. The van der Waals surface area contributed by atoms with Crippen LogP contribution in [0.2, 0.25) is 0 Å². The van der Waals surface area contributed by atoms with E-state index in [1.165, 1.54) is 0 Å². The lowest BCUT2D eigenvalue weighted by Crippen LogP contribution is -2.19. The highest BCUT2D eigenvalue weighted by molar-refractivity contribution is 5.76. The average Bonchev–Trinajstić information content (AvgIpc) is 2.17. The summed E-state index contributed by atoms with van der Waals surface area (Å²) in [6.45, 7) is 2.51. The highest BCUT2D eigenvalue weighted by Gasteiger charge is 2.02. The van der Waals surface area contributed by atoms with Crippen molar-refractivity contribution in [2.24, 2.45) is 0 Å². The molecule has 0 amide bonds. The summed E-state index contributed by atoms with van der Waals surface area (Å²) in [5.41, 5.74) is 6.18. The summed E-state index contributed by atoms with van der Waals surface area (Å²) in [4.78, 5) is 15.6. The summed E-state index contributed by atoms with van der Waals surface area (Å²) in [6, 6.07) is 6.90. The molecule has 0 saturated carbocycles. The first-order valence-electron chi connectivity index (χ1n) is 4.48. The van der Waals surface area contributed by atoms with Crippen molar-refractivity contribution < 1.29 is 0 Å². The van der Waals surface area contributed by atoms with Crippen molar-refractivity contribution in [2.45, 2.75) is 13.5 Å². The van der Waals surface area contributed by atoms with E-state index < -0.39 is 0 Å². The van der Waals surface area contributed by atoms with Crippen molar-refractivity contribution in [1.29, 1.82) is 0 Å². The van der Waals surface area contributed by atoms with Gasteiger partial charge in [-0.15, -0.1) is 0 Å². The number of fused-ring (bicyclic) bond motifs is 1. The van der Waals surface area contributed by atoms with Gasteiger partial charge < -0.3 is 5.73 Å². The summed E-state index contributed by atoms with van der Waals surface area (Å²) >= 11 is 0. The Morgan fingerprint density at radius 2 is 2.07 bits per heavy atom. The van der Waals surface area contributed by atoms with E-state index in [0.717, 1.165) is 5.39 Å². The fourth-order valence-electron chi connectivity index (χ4n) is 1.48. The van der Waals surface area contributed by atoms with Crippen LogP contribution in [-0.2, 0) is 6.54 Å². The molecule has 2 rings (SSSR count). The van der Waals surface area contributed by atoms with Gasteiger partial charge in [0.25, 0.3) is 5.56 Å². The minimum Gasteiger partial charge on any atom is -0.384 e. The van der Waals surface area contributed by atoms with Crippen LogP contribution in [0, 0.1) is 0 Å². The lowest BCUT2D eigenvalue weighted by Gasteiger charge is -2.06. The van der Waals surface area contributed by atoms with Crippen LogP contribution in [0.25, 0.3) is 11.0 Å². The number of rotatable bonds is 1. The third-order valence-electron chi connectivity index (χ3n) is 2.17. The number of anilines is 1. The maximum atomic E-state index is 11.5. The largest absolute Gasteiger partial charge is 0.384 e. The van der Waals surface area contributed by atoms with E-state index in [4.69, 9.17) is 5.73 Å². The molecule has 2 N–H and O–H groups in total. The van der Waals surface area contributed by atoms with Crippen molar-refractivity contribution in [2.75, 3.05) is 5.73 Å². The van der Waals surface area contributed by atoms with Gasteiger partial charge in [-0.25, -0.2) is 4.98 Å². The monoisotopic (exact) mass is 189 g/mol. The van der Waals surface area contributed by atoms with Gasteiger partial charge in [0.05, 0.1) is 0 Å². The maximum absolute atomic E-state index is 11.5. The Labute approximate surface area is 81.0 Å². The molecule has 0 spiro atoms. The van der Waals surface area contributed by atoms with Gasteiger partial charge in [0.2, 0.25) is 0 Å². The summed E-state index contributed by atoms with van der Waals surface area (Å²) in [5.74, 6) is 0.435. The van der Waals surface area contributed by atoms with E-state index >= 15 is 0 Å². The molecule has 0 bridgehead atoms. The first-order valence-corrected chi connectivity index (χ1v) is 4.48. The van der Waals surface area contributed by atoms with E-state index in [2.05, 4.69) is 4.98 Å². The number of aryl methyl sites for hydroxylation is 1. The number of hydrogen-bond acceptors (Lipinski definition) is 3. The number of nitrogens with zero attached hydrogens (tertiary/aromatic N) is 2. The van der Waals surface area contributed by atoms with Crippen molar-refractivity contribution in [3.8, 4) is 0 Å². The van der Waals surface area contributed by atoms with Crippen LogP contribution in [0.15, 0.2) is 29.1 Å². The highest BCUT2D eigenvalue weighted by Crippen LogP contribution is 2.10. The number of hydrogen-bond donors (Lipinski definition) is 1. The fraction of sp³-hybridized carbons (Fsp3) is 0.200. The predicted molar refractivity (Wildman–Crippen MR) is 56.1 cm³/mol. The van der Waals surface area contributed by atoms with Gasteiger partial charge >= 0.3 is 0 Å². The standard InChI is InChI=1S/C10H11N3O/c1-2-13-9(14)6-4-7-3-5-8(11)12-10(7)13/h3-6H,2H2,1H3,(H2,11,12). The molecule has 0 atom stereocenters. The van der Waals surface area contributed by atoms with Gasteiger partial charge in [-0.05, 0) is 25.1 Å². The van der Waals surface area contributed by atoms with Crippen LogP contribution in [0.3, 0.4) is 0 Å². The molecule has 14 heavy (non-hydrogen) atoms. The van der Waals surface area contributed by atoms with Gasteiger partial charge in [0, 0.05) is 18.0 Å². The Morgan fingerprint density at radius 1 is 1.36 bits per heavy atom. The quantitative estimate of drug-likeness (QED) is 0.728. The molecule has 2 heterocycles. The van der Waals surface area contributed by atoms with E-state index in [1.807, 2.05) is 13.0 Å². The molecule has 0 aliphatic heterocycles. The van der Waals surface area contributed by atoms with Crippen LogP contribution in [-0.4, -0.2) is 9.55 Å². The van der Waals surface area contributed by atoms with E-state index in [0.29, 0.717) is 18.0 Å². The molecule has 2 aromatic rings. The molecule has 0 aliphatic carbocycles. The summed E-state index contributed by atoms with van der Waals surface area (Å²) in [5, 5.41) is 0.931. The second kappa shape index (κ2) is 3.14. The molecule has 0 radical (unpaired) electrons. The van der Waals surface area contributed by atoms with Crippen molar-refractivity contribution >= 4 is 16.9 Å². The number of aromatic nitrogens is 2. The highest BCUT2D eigenvalue weighted by atomic mass is 16.1. The molecule has 0 unspecified atom stereocenters. The Hall–Kier alpha value is -1.84. The van der Waals surface area contributed by atoms with E-state index in [-0.39, 0.29) is 5.56 Å². The molecule has 4 heteroatoms. The van der Waals surface area contributed by atoms with Crippen molar-refractivity contribution in [1.82, 2.24) is 9.55 Å². The SMILES string of the molecule is CCn1c(=O)ccc2ccc(N)nc21. The zero-order valence-electron chi connectivity index (χ0n) is 7.90. The van der Waals surface area contributed by atoms with Crippen LogP contribution < -0.4 is 11.3 Å². The van der Waals surface area contributed by atoms with Crippen LogP contribution in [0.4, 0.5) is 5.82 Å². The normalized spacial score (nSPS) is 10.6. The molecule has 2 aromatic heterocycles. The second-order valence-electron chi connectivity index (χ2n) is 3.06. The molecular weight excluding hydrogens is 178 g/mol. The Bertz CT molecular complexity index is 530. The molecule has 72 valence electrons. The first-order chi connectivity index (χ1) is 6.72. The molecule has 4 nitrogen and oxygen atoms in total. The fourth-order valence-corrected chi connectivity index (χ4v) is 1.48. The van der Waals surface area contributed by atoms with Crippen molar-refractivity contribution in [3.63, 3.8) is 0 Å². The molecule has 0 aliphatic rings. The minimum absolute atomic E-state index is 0.0434. The predicted octanol–water partition coefficient (Wildman–Crippen LogP) is 0.999. The van der Waals surface area contributed by atoms with Gasteiger partial charge in [-0.1, -0.05) is 0 Å². The summed E-state index contributed by atoms with van der Waals surface area (Å²) < 4.78 is 1.60. The molecule has 0 aromatic carbocycles. The Morgan fingerprint density at radius 3 is 2.79 bits per heavy atom. The van der Waals surface area contributed by atoms with E-state index in [9.17, 15) is 4.79 Å². The lowest BCUT2D eigenvalue weighted by atomic mass is 10.3.